The van der Waals surface area contributed by atoms with E-state index in [-0.39, 0.29) is 17.9 Å². The van der Waals surface area contributed by atoms with E-state index >= 15 is 0 Å². The molecule has 0 saturated heterocycles. The zero-order chi connectivity index (χ0) is 20.1. The number of hydrogen-bond acceptors (Lipinski definition) is 3. The first-order valence-electron chi connectivity index (χ1n) is 8.21. The third-order valence-electron chi connectivity index (χ3n) is 3.79. The summed E-state index contributed by atoms with van der Waals surface area (Å²) in [5.74, 6) is -0.721. The summed E-state index contributed by atoms with van der Waals surface area (Å²) in [6.45, 7) is 0. The predicted molar refractivity (Wildman–Crippen MR) is 103 cm³/mol. The summed E-state index contributed by atoms with van der Waals surface area (Å²) >= 11 is 0. The molecule has 1 aromatic heterocycles. The maximum Gasteiger partial charge on any atom is 0.329 e. The number of aromatic nitrogens is 2. The number of nitrogens with zero attached hydrogens (tertiary/aromatic N) is 2. The first kappa shape index (κ1) is 19.7. The van der Waals surface area contributed by atoms with E-state index in [2.05, 4.69) is 10.3 Å². The van der Waals surface area contributed by atoms with Crippen LogP contribution in [-0.4, -0.2) is 25.2 Å². The summed E-state index contributed by atoms with van der Waals surface area (Å²) in [7, 11) is -4.13. The lowest BCUT2D eigenvalue weighted by molar-refractivity contribution is -0.111. The Hall–Kier alpha value is -3.06. The number of halogens is 1. The first-order valence-corrected chi connectivity index (χ1v) is 10.0. The Morgan fingerprint density at radius 3 is 2.46 bits per heavy atom. The van der Waals surface area contributed by atoms with Crippen LogP contribution in [0.2, 0.25) is 0 Å². The molecule has 0 atom stereocenters. The van der Waals surface area contributed by atoms with Crippen LogP contribution in [0.25, 0.3) is 11.8 Å². The third-order valence-corrected chi connectivity index (χ3v) is 4.56. The second-order valence-electron chi connectivity index (χ2n) is 6.01. The molecule has 3 aromatic rings. The normalized spacial score (nSPS) is 11.7. The van der Waals surface area contributed by atoms with E-state index in [1.54, 1.807) is 59.6 Å². The number of nitrogens with one attached hydrogen (secondary N) is 1. The molecular formula is C19H17FN3O4P. The molecule has 2 aromatic carbocycles. The molecule has 7 nitrogen and oxygen atoms in total. The number of amides is 1. The van der Waals surface area contributed by atoms with E-state index in [1.165, 1.54) is 18.2 Å². The van der Waals surface area contributed by atoms with Crippen molar-refractivity contribution in [1.82, 2.24) is 9.55 Å². The fourth-order valence-corrected chi connectivity index (χ4v) is 3.21. The molecule has 144 valence electrons. The van der Waals surface area contributed by atoms with Crippen molar-refractivity contribution in [3.05, 3.63) is 84.2 Å². The standard InChI is InChI=1S/C19H17FN3O4P/c20-15-3-7-17(8-4-15)23-13-21-11-18(23)9-10-19(24)22-16-5-1-14(2-6-16)12-28(25,26)27/h1-11,13H,12H2,(H,22,24)(H2,25,26,27). The molecular weight excluding hydrogens is 384 g/mol. The van der Waals surface area contributed by atoms with Gasteiger partial charge in [0.15, 0.2) is 0 Å². The molecule has 0 unspecified atom stereocenters. The van der Waals surface area contributed by atoms with Crippen LogP contribution < -0.4 is 5.32 Å². The van der Waals surface area contributed by atoms with E-state index < -0.39 is 7.60 Å². The Bertz CT molecular complexity index is 1040. The lowest BCUT2D eigenvalue weighted by Gasteiger charge is -2.06. The summed E-state index contributed by atoms with van der Waals surface area (Å²) in [5.41, 5.74) is 2.32. The van der Waals surface area contributed by atoms with Gasteiger partial charge in [-0.2, -0.15) is 0 Å². The SMILES string of the molecule is O=C(C=Cc1cncn1-c1ccc(F)cc1)Nc1ccc(CP(=O)(O)O)cc1. The molecule has 0 radical (unpaired) electrons. The van der Waals surface area contributed by atoms with Crippen molar-refractivity contribution in [1.29, 1.82) is 0 Å². The highest BCUT2D eigenvalue weighted by Gasteiger charge is 2.13. The van der Waals surface area contributed by atoms with E-state index in [9.17, 15) is 13.8 Å². The van der Waals surface area contributed by atoms with Crippen molar-refractivity contribution < 1.29 is 23.5 Å². The molecule has 0 aliphatic rings. The number of carbonyl (C=O) groups is 1. The average molecular weight is 401 g/mol. The van der Waals surface area contributed by atoms with E-state index in [0.29, 0.717) is 22.6 Å². The first-order chi connectivity index (χ1) is 13.3. The molecule has 0 aliphatic carbocycles. The van der Waals surface area contributed by atoms with Crippen LogP contribution in [0.15, 0.2) is 67.1 Å². The van der Waals surface area contributed by atoms with Crippen molar-refractivity contribution in [2.75, 3.05) is 5.32 Å². The molecule has 28 heavy (non-hydrogen) atoms. The number of carbonyl (C=O) groups excluding carboxylic acids is 1. The van der Waals surface area contributed by atoms with E-state index in [1.807, 2.05) is 0 Å². The summed E-state index contributed by atoms with van der Waals surface area (Å²) in [4.78, 5) is 34.1. The Balaban J connectivity index is 1.66. The number of imidazole rings is 1. The van der Waals surface area contributed by atoms with Gasteiger partial charge in [-0.1, -0.05) is 12.1 Å². The molecule has 9 heteroatoms. The van der Waals surface area contributed by atoms with Crippen molar-refractivity contribution in [2.45, 2.75) is 6.16 Å². The molecule has 0 aliphatic heterocycles. The molecule has 0 saturated carbocycles. The Kier molecular flexibility index (Phi) is 5.84. The second-order valence-corrected chi connectivity index (χ2v) is 7.65. The highest BCUT2D eigenvalue weighted by atomic mass is 31.2. The van der Waals surface area contributed by atoms with Gasteiger partial charge in [0.25, 0.3) is 0 Å². The van der Waals surface area contributed by atoms with Crippen LogP contribution in [0.3, 0.4) is 0 Å². The van der Waals surface area contributed by atoms with Gasteiger partial charge in [-0.05, 0) is 48.0 Å². The number of rotatable bonds is 6. The smallest absolute Gasteiger partial charge is 0.324 e. The van der Waals surface area contributed by atoms with Gasteiger partial charge in [0.2, 0.25) is 5.91 Å². The van der Waals surface area contributed by atoms with Gasteiger partial charge in [-0.25, -0.2) is 9.37 Å². The fourth-order valence-electron chi connectivity index (χ4n) is 2.52. The molecule has 3 N–H and O–H groups in total. The van der Waals surface area contributed by atoms with E-state index in [4.69, 9.17) is 9.79 Å². The topological polar surface area (TPSA) is 104 Å². The highest BCUT2D eigenvalue weighted by molar-refractivity contribution is 7.50. The summed E-state index contributed by atoms with van der Waals surface area (Å²) in [6, 6.07) is 12.1. The number of benzene rings is 2. The van der Waals surface area contributed by atoms with Gasteiger partial charge in [0.1, 0.15) is 5.82 Å². The number of hydrogen-bond donors (Lipinski definition) is 3. The minimum atomic E-state index is -4.13. The highest BCUT2D eigenvalue weighted by Crippen LogP contribution is 2.39. The van der Waals surface area contributed by atoms with Crippen LogP contribution in [0.4, 0.5) is 10.1 Å². The van der Waals surface area contributed by atoms with Crippen molar-refractivity contribution in [3.8, 4) is 5.69 Å². The lowest BCUT2D eigenvalue weighted by atomic mass is 10.2. The largest absolute Gasteiger partial charge is 0.329 e. The quantitative estimate of drug-likeness (QED) is 0.434. The van der Waals surface area contributed by atoms with Gasteiger partial charge in [0, 0.05) is 17.5 Å². The van der Waals surface area contributed by atoms with Crippen LogP contribution >= 0.6 is 7.60 Å². The monoisotopic (exact) mass is 401 g/mol. The number of anilines is 1. The summed E-state index contributed by atoms with van der Waals surface area (Å²) in [6.07, 6.45) is 5.69. The molecule has 1 heterocycles. The van der Waals surface area contributed by atoms with Crippen molar-refractivity contribution >= 4 is 25.3 Å². The van der Waals surface area contributed by atoms with Crippen molar-refractivity contribution in [2.24, 2.45) is 0 Å². The minimum Gasteiger partial charge on any atom is -0.324 e. The van der Waals surface area contributed by atoms with Crippen LogP contribution in [0.1, 0.15) is 11.3 Å². The molecule has 0 spiro atoms. The van der Waals surface area contributed by atoms with Crippen LogP contribution in [0, 0.1) is 5.82 Å². The minimum absolute atomic E-state index is 0.341. The van der Waals surface area contributed by atoms with Crippen molar-refractivity contribution in [3.63, 3.8) is 0 Å². The maximum atomic E-state index is 13.1. The van der Waals surface area contributed by atoms with Gasteiger partial charge >= 0.3 is 7.60 Å². The summed E-state index contributed by atoms with van der Waals surface area (Å²) in [5, 5.41) is 2.66. The zero-order valence-electron chi connectivity index (χ0n) is 14.6. The van der Waals surface area contributed by atoms with Gasteiger partial charge < -0.3 is 15.1 Å². The molecule has 3 rings (SSSR count). The Labute approximate surface area is 160 Å². The van der Waals surface area contributed by atoms with Crippen LogP contribution in [-0.2, 0) is 15.5 Å². The molecule has 0 fully saturated rings. The van der Waals surface area contributed by atoms with E-state index in [0.717, 1.165) is 0 Å². The Morgan fingerprint density at radius 1 is 1.14 bits per heavy atom. The molecule has 0 bridgehead atoms. The van der Waals surface area contributed by atoms with Gasteiger partial charge in [-0.3, -0.25) is 13.9 Å². The average Bonchev–Trinajstić information content (AvgIpc) is 3.10. The maximum absolute atomic E-state index is 13.1. The third kappa shape index (κ3) is 5.47. The lowest BCUT2D eigenvalue weighted by Crippen LogP contribution is -2.08. The van der Waals surface area contributed by atoms with Gasteiger partial charge in [-0.15, -0.1) is 0 Å². The fraction of sp³-hybridized carbons (Fsp3) is 0.0526. The zero-order valence-corrected chi connectivity index (χ0v) is 15.5. The second kappa shape index (κ2) is 8.31. The van der Waals surface area contributed by atoms with Gasteiger partial charge in [0.05, 0.1) is 24.4 Å². The predicted octanol–water partition coefficient (Wildman–Crippen LogP) is 3.34. The Morgan fingerprint density at radius 2 is 1.82 bits per heavy atom. The van der Waals surface area contributed by atoms with Crippen LogP contribution in [0.5, 0.6) is 0 Å². The molecule has 1 amide bonds. The summed E-state index contributed by atoms with van der Waals surface area (Å²) < 4.78 is 25.8.